The van der Waals surface area contributed by atoms with Gasteiger partial charge in [-0.25, -0.2) is 4.98 Å². The summed E-state index contributed by atoms with van der Waals surface area (Å²) in [6.07, 6.45) is 1.73. The summed E-state index contributed by atoms with van der Waals surface area (Å²) in [6, 6.07) is 10.6. The molecule has 1 aromatic heterocycles. The molecule has 2 aromatic rings. The van der Waals surface area contributed by atoms with Gasteiger partial charge in [0.1, 0.15) is 5.82 Å². The van der Waals surface area contributed by atoms with Crippen molar-refractivity contribution in [1.82, 2.24) is 10.3 Å². The SMILES string of the molecule is CCNCc1cc(N(C)Cc2cccc(C)c2)ncc1Cl. The summed E-state index contributed by atoms with van der Waals surface area (Å²) in [5.41, 5.74) is 3.64. The lowest BCUT2D eigenvalue weighted by Gasteiger charge is -2.19. The molecule has 0 aliphatic heterocycles. The maximum Gasteiger partial charge on any atom is 0.128 e. The van der Waals surface area contributed by atoms with Crippen LogP contribution >= 0.6 is 11.6 Å². The first kappa shape index (κ1) is 15.8. The van der Waals surface area contributed by atoms with Crippen molar-refractivity contribution < 1.29 is 0 Å². The summed E-state index contributed by atoms with van der Waals surface area (Å²) in [5.74, 6) is 0.939. The fraction of sp³-hybridized carbons (Fsp3) is 0.353. The zero-order chi connectivity index (χ0) is 15.2. The third kappa shape index (κ3) is 4.45. The van der Waals surface area contributed by atoms with E-state index in [1.54, 1.807) is 6.20 Å². The summed E-state index contributed by atoms with van der Waals surface area (Å²) < 4.78 is 0. The van der Waals surface area contributed by atoms with Crippen molar-refractivity contribution in [2.24, 2.45) is 0 Å². The lowest BCUT2D eigenvalue weighted by Crippen LogP contribution is -2.19. The lowest BCUT2D eigenvalue weighted by atomic mass is 10.1. The standard InChI is InChI=1S/C17H22ClN3/c1-4-19-10-15-9-17(20-11-16(15)18)21(3)12-14-7-5-6-13(2)8-14/h5-9,11,19H,4,10,12H2,1-3H3. The highest BCUT2D eigenvalue weighted by molar-refractivity contribution is 6.31. The van der Waals surface area contributed by atoms with Crippen molar-refractivity contribution in [3.63, 3.8) is 0 Å². The van der Waals surface area contributed by atoms with Crippen LogP contribution in [0.3, 0.4) is 0 Å². The van der Waals surface area contributed by atoms with Gasteiger partial charge in [0.25, 0.3) is 0 Å². The van der Waals surface area contributed by atoms with Crippen molar-refractivity contribution in [3.05, 3.63) is 58.2 Å². The Labute approximate surface area is 132 Å². The Balaban J connectivity index is 2.13. The molecule has 1 aromatic carbocycles. The fourth-order valence-electron chi connectivity index (χ4n) is 2.24. The smallest absolute Gasteiger partial charge is 0.128 e. The summed E-state index contributed by atoms with van der Waals surface area (Å²) in [7, 11) is 2.05. The normalized spacial score (nSPS) is 10.7. The van der Waals surface area contributed by atoms with Crippen LogP contribution < -0.4 is 10.2 Å². The highest BCUT2D eigenvalue weighted by Gasteiger charge is 2.08. The minimum Gasteiger partial charge on any atom is -0.355 e. The molecular formula is C17H22ClN3. The second-order valence-electron chi connectivity index (χ2n) is 5.26. The molecule has 3 nitrogen and oxygen atoms in total. The van der Waals surface area contributed by atoms with Gasteiger partial charge >= 0.3 is 0 Å². The predicted molar refractivity (Wildman–Crippen MR) is 89.9 cm³/mol. The van der Waals surface area contributed by atoms with E-state index in [-0.39, 0.29) is 0 Å². The van der Waals surface area contributed by atoms with Crippen molar-refractivity contribution in [2.45, 2.75) is 26.9 Å². The number of hydrogen-bond acceptors (Lipinski definition) is 3. The van der Waals surface area contributed by atoms with Crippen LogP contribution in [0.1, 0.15) is 23.6 Å². The van der Waals surface area contributed by atoms with Crippen molar-refractivity contribution in [2.75, 3.05) is 18.5 Å². The van der Waals surface area contributed by atoms with E-state index in [9.17, 15) is 0 Å². The predicted octanol–water partition coefficient (Wildman–Crippen LogP) is 3.79. The molecule has 0 fully saturated rings. The Hall–Kier alpha value is -1.58. The van der Waals surface area contributed by atoms with Gasteiger partial charge < -0.3 is 10.2 Å². The molecule has 0 amide bonds. The van der Waals surface area contributed by atoms with Gasteiger partial charge in [0.15, 0.2) is 0 Å². The van der Waals surface area contributed by atoms with E-state index in [4.69, 9.17) is 11.6 Å². The average Bonchev–Trinajstić information content (AvgIpc) is 2.46. The number of pyridine rings is 1. The van der Waals surface area contributed by atoms with E-state index < -0.39 is 0 Å². The molecule has 0 saturated carbocycles. The Morgan fingerprint density at radius 2 is 2.10 bits per heavy atom. The molecule has 0 bridgehead atoms. The number of halogens is 1. The number of aryl methyl sites for hydroxylation is 1. The molecule has 1 heterocycles. The van der Waals surface area contributed by atoms with E-state index in [0.29, 0.717) is 5.02 Å². The number of rotatable bonds is 6. The molecule has 0 unspecified atom stereocenters. The molecule has 4 heteroatoms. The molecule has 2 rings (SSSR count). The molecule has 112 valence electrons. The van der Waals surface area contributed by atoms with Gasteiger partial charge in [-0.05, 0) is 30.7 Å². The largest absolute Gasteiger partial charge is 0.355 e. The van der Waals surface area contributed by atoms with Gasteiger partial charge in [-0.1, -0.05) is 48.4 Å². The van der Waals surface area contributed by atoms with Crippen LogP contribution in [-0.4, -0.2) is 18.6 Å². The average molecular weight is 304 g/mol. The Bertz CT molecular complexity index is 598. The summed E-state index contributed by atoms with van der Waals surface area (Å²) in [6.45, 7) is 6.71. The van der Waals surface area contributed by atoms with Crippen LogP contribution in [0.4, 0.5) is 5.82 Å². The second-order valence-corrected chi connectivity index (χ2v) is 5.67. The van der Waals surface area contributed by atoms with E-state index in [1.165, 1.54) is 11.1 Å². The number of hydrogen-bond donors (Lipinski definition) is 1. The van der Waals surface area contributed by atoms with Crippen LogP contribution in [0.15, 0.2) is 36.5 Å². The van der Waals surface area contributed by atoms with E-state index in [2.05, 4.69) is 66.4 Å². The topological polar surface area (TPSA) is 28.2 Å². The minimum atomic E-state index is 0.712. The number of aromatic nitrogens is 1. The second kappa shape index (κ2) is 7.43. The minimum absolute atomic E-state index is 0.712. The molecule has 0 saturated heterocycles. The first-order valence-corrected chi connectivity index (χ1v) is 7.59. The molecule has 0 atom stereocenters. The van der Waals surface area contributed by atoms with E-state index >= 15 is 0 Å². The monoisotopic (exact) mass is 303 g/mol. The third-order valence-corrected chi connectivity index (χ3v) is 3.72. The number of nitrogens with zero attached hydrogens (tertiary/aromatic N) is 2. The lowest BCUT2D eigenvalue weighted by molar-refractivity contribution is 0.725. The van der Waals surface area contributed by atoms with Crippen molar-refractivity contribution >= 4 is 17.4 Å². The van der Waals surface area contributed by atoms with Gasteiger partial charge in [0.05, 0.1) is 5.02 Å². The van der Waals surface area contributed by atoms with Crippen LogP contribution in [0.5, 0.6) is 0 Å². The Morgan fingerprint density at radius 1 is 1.29 bits per heavy atom. The van der Waals surface area contributed by atoms with Crippen LogP contribution in [-0.2, 0) is 13.1 Å². The first-order valence-electron chi connectivity index (χ1n) is 7.22. The Morgan fingerprint density at radius 3 is 2.81 bits per heavy atom. The van der Waals surface area contributed by atoms with Gasteiger partial charge in [-0.2, -0.15) is 0 Å². The Kier molecular flexibility index (Phi) is 5.59. The zero-order valence-electron chi connectivity index (χ0n) is 12.9. The summed E-state index contributed by atoms with van der Waals surface area (Å²) in [4.78, 5) is 6.57. The molecule has 21 heavy (non-hydrogen) atoms. The van der Waals surface area contributed by atoms with Gasteiger partial charge in [-0.15, -0.1) is 0 Å². The maximum atomic E-state index is 6.20. The third-order valence-electron chi connectivity index (χ3n) is 3.38. The molecule has 0 radical (unpaired) electrons. The van der Waals surface area contributed by atoms with Gasteiger partial charge in [-0.3, -0.25) is 0 Å². The highest BCUT2D eigenvalue weighted by atomic mass is 35.5. The quantitative estimate of drug-likeness (QED) is 0.880. The highest BCUT2D eigenvalue weighted by Crippen LogP contribution is 2.21. The number of nitrogens with one attached hydrogen (secondary N) is 1. The fourth-order valence-corrected chi connectivity index (χ4v) is 2.41. The zero-order valence-corrected chi connectivity index (χ0v) is 13.6. The van der Waals surface area contributed by atoms with Crippen molar-refractivity contribution in [3.8, 4) is 0 Å². The molecule has 0 spiro atoms. The molecular weight excluding hydrogens is 282 g/mol. The van der Waals surface area contributed by atoms with Gasteiger partial charge in [0.2, 0.25) is 0 Å². The van der Waals surface area contributed by atoms with Crippen LogP contribution in [0, 0.1) is 6.92 Å². The van der Waals surface area contributed by atoms with E-state index in [1.807, 2.05) is 0 Å². The summed E-state index contributed by atoms with van der Waals surface area (Å²) in [5, 5.41) is 4.01. The molecule has 1 N–H and O–H groups in total. The molecule has 0 aliphatic rings. The molecule has 0 aliphatic carbocycles. The number of benzene rings is 1. The van der Waals surface area contributed by atoms with Crippen LogP contribution in [0.25, 0.3) is 0 Å². The van der Waals surface area contributed by atoms with Crippen molar-refractivity contribution in [1.29, 1.82) is 0 Å². The maximum absolute atomic E-state index is 6.20. The van der Waals surface area contributed by atoms with Gasteiger partial charge in [0, 0.05) is 26.3 Å². The van der Waals surface area contributed by atoms with E-state index in [0.717, 1.165) is 31.0 Å². The van der Waals surface area contributed by atoms with Crippen LogP contribution in [0.2, 0.25) is 5.02 Å². The summed E-state index contributed by atoms with van der Waals surface area (Å²) >= 11 is 6.20. The first-order chi connectivity index (χ1) is 10.1. The number of anilines is 1.